The summed E-state index contributed by atoms with van der Waals surface area (Å²) in [5.41, 5.74) is 2.09. The Morgan fingerprint density at radius 2 is 1.80 bits per heavy atom. The summed E-state index contributed by atoms with van der Waals surface area (Å²) in [6.07, 6.45) is 3.58. The highest BCUT2D eigenvalue weighted by atomic mass is 16.5. The van der Waals surface area contributed by atoms with Gasteiger partial charge in [0.1, 0.15) is 6.04 Å². The minimum absolute atomic E-state index is 0.0522. The number of carbonyl (C=O) groups excluding carboxylic acids is 2. The lowest BCUT2D eigenvalue weighted by Crippen LogP contribution is -2.48. The van der Waals surface area contributed by atoms with Crippen molar-refractivity contribution in [3.05, 3.63) is 59.7 Å². The minimum atomic E-state index is -0.425. The Morgan fingerprint density at radius 1 is 1.03 bits per heavy atom. The third-order valence-electron chi connectivity index (χ3n) is 5.47. The van der Waals surface area contributed by atoms with E-state index in [-0.39, 0.29) is 11.8 Å². The molecule has 3 rings (SSSR count). The lowest BCUT2D eigenvalue weighted by atomic mass is 10.1. The number of benzene rings is 2. The number of methoxy groups -OCH3 is 2. The number of hydrogen-bond acceptors (Lipinski definition) is 4. The highest BCUT2D eigenvalue weighted by Gasteiger charge is 2.31. The molecule has 1 saturated heterocycles. The normalized spacial score (nSPS) is 16.7. The molecule has 0 aromatic heterocycles. The fourth-order valence-electron chi connectivity index (χ4n) is 3.82. The standard InChI is InChI=1S/C24H30N2O4/c1-29-21-13-12-18(16-22(21)30-2)14-15-25-24(28)20-10-6-7-11-23(27)26(20)17-19-8-4-3-5-9-19/h3-5,8-9,12-13,16,20H,6-7,10-11,14-15,17H2,1-2H3,(H,25,28). The van der Waals surface area contributed by atoms with Gasteiger partial charge in [-0.1, -0.05) is 42.8 Å². The summed E-state index contributed by atoms with van der Waals surface area (Å²) in [4.78, 5) is 27.4. The number of rotatable bonds is 8. The molecule has 0 bridgehead atoms. The second-order valence-corrected chi connectivity index (χ2v) is 7.50. The molecular formula is C24H30N2O4. The van der Waals surface area contributed by atoms with Gasteiger partial charge in [-0.15, -0.1) is 0 Å². The van der Waals surface area contributed by atoms with Gasteiger partial charge in [-0.3, -0.25) is 9.59 Å². The molecule has 6 heteroatoms. The Morgan fingerprint density at radius 3 is 2.53 bits per heavy atom. The maximum absolute atomic E-state index is 13.0. The first kappa shape index (κ1) is 21.7. The second-order valence-electron chi connectivity index (χ2n) is 7.50. The van der Waals surface area contributed by atoms with Crippen LogP contribution in [0.25, 0.3) is 0 Å². The first-order valence-electron chi connectivity index (χ1n) is 10.4. The Hall–Kier alpha value is -3.02. The molecule has 1 unspecified atom stereocenters. The van der Waals surface area contributed by atoms with E-state index in [1.807, 2.05) is 48.5 Å². The first-order valence-corrected chi connectivity index (χ1v) is 10.4. The van der Waals surface area contributed by atoms with Crippen molar-refractivity contribution in [3.63, 3.8) is 0 Å². The van der Waals surface area contributed by atoms with Crippen molar-refractivity contribution in [2.45, 2.75) is 44.7 Å². The molecule has 0 spiro atoms. The molecule has 0 saturated carbocycles. The smallest absolute Gasteiger partial charge is 0.242 e. The van der Waals surface area contributed by atoms with E-state index in [2.05, 4.69) is 5.32 Å². The maximum atomic E-state index is 13.0. The van der Waals surface area contributed by atoms with Crippen molar-refractivity contribution >= 4 is 11.8 Å². The number of nitrogens with one attached hydrogen (secondary N) is 1. The monoisotopic (exact) mass is 410 g/mol. The molecule has 1 heterocycles. The van der Waals surface area contributed by atoms with Gasteiger partial charge < -0.3 is 19.7 Å². The van der Waals surface area contributed by atoms with Gasteiger partial charge >= 0.3 is 0 Å². The van der Waals surface area contributed by atoms with Gasteiger partial charge in [-0.25, -0.2) is 0 Å². The topological polar surface area (TPSA) is 67.9 Å². The molecule has 160 valence electrons. The van der Waals surface area contributed by atoms with E-state index >= 15 is 0 Å². The summed E-state index contributed by atoms with van der Waals surface area (Å²) in [5.74, 6) is 1.32. The number of amides is 2. The van der Waals surface area contributed by atoms with Crippen molar-refractivity contribution in [2.24, 2.45) is 0 Å². The van der Waals surface area contributed by atoms with Crippen LogP contribution in [0.2, 0.25) is 0 Å². The summed E-state index contributed by atoms with van der Waals surface area (Å²) in [6, 6.07) is 15.2. The van der Waals surface area contributed by atoms with Crippen LogP contribution >= 0.6 is 0 Å². The SMILES string of the molecule is COc1ccc(CCNC(=O)C2CCCCC(=O)N2Cc2ccccc2)cc1OC. The van der Waals surface area contributed by atoms with E-state index in [9.17, 15) is 9.59 Å². The number of likely N-dealkylation sites (tertiary alicyclic amines) is 1. The zero-order valence-electron chi connectivity index (χ0n) is 17.7. The van der Waals surface area contributed by atoms with Crippen molar-refractivity contribution in [1.82, 2.24) is 10.2 Å². The van der Waals surface area contributed by atoms with Gasteiger partial charge in [0.25, 0.3) is 0 Å². The molecule has 1 atom stereocenters. The molecule has 30 heavy (non-hydrogen) atoms. The van der Waals surface area contributed by atoms with Crippen molar-refractivity contribution in [1.29, 1.82) is 0 Å². The van der Waals surface area contributed by atoms with Crippen LogP contribution in [0.5, 0.6) is 11.5 Å². The van der Waals surface area contributed by atoms with Crippen LogP contribution in [0, 0.1) is 0 Å². The quantitative estimate of drug-likeness (QED) is 0.725. The third kappa shape index (κ3) is 5.53. The van der Waals surface area contributed by atoms with Gasteiger partial charge in [0.05, 0.1) is 14.2 Å². The van der Waals surface area contributed by atoms with E-state index in [0.717, 1.165) is 24.0 Å². The van der Waals surface area contributed by atoms with Crippen LogP contribution in [0.4, 0.5) is 0 Å². The van der Waals surface area contributed by atoms with Gasteiger partial charge in [0.2, 0.25) is 11.8 Å². The van der Waals surface area contributed by atoms with Gasteiger partial charge in [0, 0.05) is 19.5 Å². The molecule has 1 fully saturated rings. The Balaban J connectivity index is 1.62. The van der Waals surface area contributed by atoms with Crippen LogP contribution in [0.3, 0.4) is 0 Å². The predicted octanol–water partition coefficient (Wildman–Crippen LogP) is 3.33. The average Bonchev–Trinajstić information content (AvgIpc) is 2.95. The van der Waals surface area contributed by atoms with Crippen LogP contribution in [-0.4, -0.2) is 43.5 Å². The summed E-state index contributed by atoms with van der Waals surface area (Å²) in [7, 11) is 3.21. The fourth-order valence-corrected chi connectivity index (χ4v) is 3.82. The van der Waals surface area contributed by atoms with Crippen LogP contribution in [0.1, 0.15) is 36.8 Å². The molecule has 6 nitrogen and oxygen atoms in total. The molecular weight excluding hydrogens is 380 g/mol. The number of nitrogens with zero attached hydrogens (tertiary/aromatic N) is 1. The number of ether oxygens (including phenoxy) is 2. The zero-order chi connectivity index (χ0) is 21.3. The van der Waals surface area contributed by atoms with Crippen LogP contribution in [-0.2, 0) is 22.6 Å². The van der Waals surface area contributed by atoms with Gasteiger partial charge in [0.15, 0.2) is 11.5 Å². The Kier molecular flexibility index (Phi) is 7.71. The Bertz CT molecular complexity index is 854. The predicted molar refractivity (Wildman–Crippen MR) is 116 cm³/mol. The molecule has 0 aliphatic carbocycles. The summed E-state index contributed by atoms with van der Waals surface area (Å²) < 4.78 is 10.6. The summed E-state index contributed by atoms with van der Waals surface area (Å²) >= 11 is 0. The fraction of sp³-hybridized carbons (Fsp3) is 0.417. The molecule has 2 aromatic carbocycles. The van der Waals surface area contributed by atoms with Crippen molar-refractivity contribution in [3.8, 4) is 11.5 Å². The molecule has 1 aliphatic rings. The third-order valence-corrected chi connectivity index (χ3v) is 5.47. The number of carbonyl (C=O) groups is 2. The number of hydrogen-bond donors (Lipinski definition) is 1. The van der Waals surface area contributed by atoms with Crippen molar-refractivity contribution < 1.29 is 19.1 Å². The minimum Gasteiger partial charge on any atom is -0.493 e. The van der Waals surface area contributed by atoms with E-state index < -0.39 is 6.04 Å². The summed E-state index contributed by atoms with van der Waals surface area (Å²) in [5, 5.41) is 3.03. The first-order chi connectivity index (χ1) is 14.6. The van der Waals surface area contributed by atoms with Gasteiger partial charge in [-0.2, -0.15) is 0 Å². The largest absolute Gasteiger partial charge is 0.493 e. The van der Waals surface area contributed by atoms with E-state index in [0.29, 0.717) is 43.9 Å². The van der Waals surface area contributed by atoms with Crippen LogP contribution < -0.4 is 14.8 Å². The molecule has 2 amide bonds. The average molecular weight is 411 g/mol. The highest BCUT2D eigenvalue weighted by molar-refractivity contribution is 5.88. The lowest BCUT2D eigenvalue weighted by Gasteiger charge is -2.29. The Labute approximate surface area is 178 Å². The zero-order valence-corrected chi connectivity index (χ0v) is 17.7. The molecule has 0 radical (unpaired) electrons. The van der Waals surface area contributed by atoms with Gasteiger partial charge in [-0.05, 0) is 42.5 Å². The lowest BCUT2D eigenvalue weighted by molar-refractivity contribution is -0.140. The summed E-state index contributed by atoms with van der Waals surface area (Å²) in [6.45, 7) is 0.964. The molecule has 1 N–H and O–H groups in total. The highest BCUT2D eigenvalue weighted by Crippen LogP contribution is 2.27. The maximum Gasteiger partial charge on any atom is 0.242 e. The van der Waals surface area contributed by atoms with Crippen molar-refractivity contribution in [2.75, 3.05) is 20.8 Å². The van der Waals surface area contributed by atoms with E-state index in [1.54, 1.807) is 19.1 Å². The van der Waals surface area contributed by atoms with Crippen LogP contribution in [0.15, 0.2) is 48.5 Å². The molecule has 2 aromatic rings. The van der Waals surface area contributed by atoms with E-state index in [4.69, 9.17) is 9.47 Å². The van der Waals surface area contributed by atoms with E-state index in [1.165, 1.54) is 0 Å². The molecule has 1 aliphatic heterocycles. The second kappa shape index (κ2) is 10.7.